The monoisotopic (exact) mass is 369 g/mol. The Kier molecular flexibility index (Phi) is 5.58. The second-order valence-electron chi connectivity index (χ2n) is 6.05. The molecule has 0 fully saturated rings. The lowest BCUT2D eigenvalue weighted by Gasteiger charge is -2.15. The smallest absolute Gasteiger partial charge is 0.258 e. The molecule has 3 aromatic rings. The van der Waals surface area contributed by atoms with E-state index in [1.807, 2.05) is 54.9 Å². The van der Waals surface area contributed by atoms with E-state index in [2.05, 4.69) is 10.3 Å². The molecular weight excluding hydrogens is 350 g/mol. The van der Waals surface area contributed by atoms with E-state index in [4.69, 9.17) is 16.3 Å². The molecule has 0 aliphatic carbocycles. The van der Waals surface area contributed by atoms with E-state index in [9.17, 15) is 4.79 Å². The maximum absolute atomic E-state index is 12.1. The van der Waals surface area contributed by atoms with Crippen molar-refractivity contribution in [1.82, 2.24) is 14.9 Å². The average molecular weight is 370 g/mol. The van der Waals surface area contributed by atoms with Crippen LogP contribution in [0.5, 0.6) is 5.75 Å². The number of aryl methyl sites for hydroxylation is 1. The summed E-state index contributed by atoms with van der Waals surface area (Å²) >= 11 is 5.98. The molecule has 0 aliphatic rings. The van der Waals surface area contributed by atoms with Gasteiger partial charge in [0.2, 0.25) is 0 Å². The molecule has 0 aliphatic heterocycles. The zero-order valence-electron chi connectivity index (χ0n) is 14.6. The van der Waals surface area contributed by atoms with Crippen molar-refractivity contribution in [3.63, 3.8) is 0 Å². The molecule has 0 spiro atoms. The summed E-state index contributed by atoms with van der Waals surface area (Å²) in [6, 6.07) is 13.2. The SMILES string of the molecule is Cc1cc(OCC(=O)N[C@@H](C)c2ccc(-n3ccnc3)cc2)ccc1Cl. The highest BCUT2D eigenvalue weighted by Crippen LogP contribution is 2.21. The summed E-state index contributed by atoms with van der Waals surface area (Å²) in [6.45, 7) is 3.79. The van der Waals surface area contributed by atoms with E-state index >= 15 is 0 Å². The van der Waals surface area contributed by atoms with Crippen molar-refractivity contribution in [2.75, 3.05) is 6.61 Å². The Hall–Kier alpha value is -2.79. The summed E-state index contributed by atoms with van der Waals surface area (Å²) in [5, 5.41) is 3.61. The van der Waals surface area contributed by atoms with Crippen LogP contribution < -0.4 is 10.1 Å². The summed E-state index contributed by atoms with van der Waals surface area (Å²) < 4.78 is 7.45. The first-order valence-electron chi connectivity index (χ1n) is 8.29. The Bertz CT molecular complexity index is 877. The standard InChI is InChI=1S/C20H20ClN3O2/c1-14-11-18(7-8-19(14)21)26-12-20(25)23-15(2)16-3-5-17(6-4-16)24-10-9-22-13-24/h3-11,13,15H,12H2,1-2H3,(H,23,25)/t15-/m0/s1. The molecule has 5 nitrogen and oxygen atoms in total. The molecule has 0 bridgehead atoms. The maximum Gasteiger partial charge on any atom is 0.258 e. The van der Waals surface area contributed by atoms with Crippen LogP contribution in [0, 0.1) is 6.92 Å². The minimum absolute atomic E-state index is 0.0431. The molecule has 1 N–H and O–H groups in total. The number of hydrogen-bond acceptors (Lipinski definition) is 3. The minimum atomic E-state index is -0.177. The Balaban J connectivity index is 1.54. The van der Waals surface area contributed by atoms with E-state index < -0.39 is 0 Å². The van der Waals surface area contributed by atoms with Gasteiger partial charge < -0.3 is 14.6 Å². The highest BCUT2D eigenvalue weighted by Gasteiger charge is 2.11. The van der Waals surface area contributed by atoms with Crippen molar-refractivity contribution < 1.29 is 9.53 Å². The second kappa shape index (κ2) is 8.06. The van der Waals surface area contributed by atoms with Crippen LogP contribution in [0.25, 0.3) is 5.69 Å². The molecule has 6 heteroatoms. The van der Waals surface area contributed by atoms with Gasteiger partial charge >= 0.3 is 0 Å². The zero-order chi connectivity index (χ0) is 18.5. The van der Waals surface area contributed by atoms with E-state index in [-0.39, 0.29) is 18.6 Å². The number of nitrogens with zero attached hydrogens (tertiary/aromatic N) is 2. The molecule has 1 atom stereocenters. The number of nitrogens with one attached hydrogen (secondary N) is 1. The van der Waals surface area contributed by atoms with Crippen LogP contribution in [0.15, 0.2) is 61.2 Å². The van der Waals surface area contributed by atoms with E-state index in [1.54, 1.807) is 24.7 Å². The van der Waals surface area contributed by atoms with Gasteiger partial charge in [0, 0.05) is 23.1 Å². The molecule has 0 unspecified atom stereocenters. The lowest BCUT2D eigenvalue weighted by Crippen LogP contribution is -2.31. The highest BCUT2D eigenvalue weighted by molar-refractivity contribution is 6.31. The Labute approximate surface area is 157 Å². The average Bonchev–Trinajstić information content (AvgIpc) is 3.17. The fourth-order valence-electron chi connectivity index (χ4n) is 2.57. The number of benzene rings is 2. The molecular formula is C20H20ClN3O2. The van der Waals surface area contributed by atoms with Gasteiger partial charge in [0.1, 0.15) is 5.75 Å². The summed E-state index contributed by atoms with van der Waals surface area (Å²) in [4.78, 5) is 16.2. The second-order valence-corrected chi connectivity index (χ2v) is 6.46. The summed E-state index contributed by atoms with van der Waals surface area (Å²) in [7, 11) is 0. The van der Waals surface area contributed by atoms with Crippen LogP contribution in [0.1, 0.15) is 24.1 Å². The van der Waals surface area contributed by atoms with Gasteiger partial charge in [0.25, 0.3) is 5.91 Å². The third kappa shape index (κ3) is 4.43. The number of ether oxygens (including phenoxy) is 1. The molecule has 1 aromatic heterocycles. The molecule has 1 heterocycles. The predicted octanol–water partition coefficient (Wildman–Crippen LogP) is 4.09. The lowest BCUT2D eigenvalue weighted by atomic mass is 10.1. The maximum atomic E-state index is 12.1. The first kappa shape index (κ1) is 18.0. The number of carbonyl (C=O) groups excluding carboxylic acids is 1. The Morgan fingerprint density at radius 2 is 2.04 bits per heavy atom. The Morgan fingerprint density at radius 1 is 1.27 bits per heavy atom. The van der Waals surface area contributed by atoms with Crippen molar-refractivity contribution in [3.8, 4) is 11.4 Å². The fourth-order valence-corrected chi connectivity index (χ4v) is 2.69. The summed E-state index contributed by atoms with van der Waals surface area (Å²) in [6.07, 6.45) is 5.37. The van der Waals surface area contributed by atoms with Crippen LogP contribution in [0.4, 0.5) is 0 Å². The molecule has 26 heavy (non-hydrogen) atoms. The lowest BCUT2D eigenvalue weighted by molar-refractivity contribution is -0.123. The number of carbonyl (C=O) groups is 1. The summed E-state index contributed by atoms with van der Waals surface area (Å²) in [5.74, 6) is 0.447. The van der Waals surface area contributed by atoms with Crippen LogP contribution >= 0.6 is 11.6 Å². The molecule has 0 saturated heterocycles. The van der Waals surface area contributed by atoms with E-state index in [0.29, 0.717) is 10.8 Å². The van der Waals surface area contributed by atoms with Gasteiger partial charge in [0.15, 0.2) is 6.61 Å². The van der Waals surface area contributed by atoms with Gasteiger partial charge in [-0.25, -0.2) is 4.98 Å². The zero-order valence-corrected chi connectivity index (χ0v) is 15.4. The molecule has 2 aromatic carbocycles. The van der Waals surface area contributed by atoms with Crippen LogP contribution in [0.2, 0.25) is 5.02 Å². The number of amides is 1. The molecule has 134 valence electrons. The topological polar surface area (TPSA) is 56.1 Å². The van der Waals surface area contributed by atoms with E-state index in [1.165, 1.54) is 0 Å². The number of rotatable bonds is 6. The van der Waals surface area contributed by atoms with Crippen LogP contribution in [-0.2, 0) is 4.79 Å². The van der Waals surface area contributed by atoms with Crippen molar-refractivity contribution in [2.24, 2.45) is 0 Å². The van der Waals surface area contributed by atoms with Gasteiger partial charge in [0.05, 0.1) is 12.4 Å². The van der Waals surface area contributed by atoms with Crippen LogP contribution in [0.3, 0.4) is 0 Å². The number of halogens is 1. The fraction of sp³-hybridized carbons (Fsp3) is 0.200. The predicted molar refractivity (Wildman–Crippen MR) is 102 cm³/mol. The van der Waals surface area contributed by atoms with Crippen molar-refractivity contribution in [2.45, 2.75) is 19.9 Å². The number of imidazole rings is 1. The van der Waals surface area contributed by atoms with Gasteiger partial charge in [-0.2, -0.15) is 0 Å². The van der Waals surface area contributed by atoms with Gasteiger partial charge in [-0.15, -0.1) is 0 Å². The van der Waals surface area contributed by atoms with Crippen molar-refractivity contribution in [1.29, 1.82) is 0 Å². The summed E-state index contributed by atoms with van der Waals surface area (Å²) in [5.41, 5.74) is 2.95. The molecule has 1 amide bonds. The first-order chi connectivity index (χ1) is 12.5. The van der Waals surface area contributed by atoms with E-state index in [0.717, 1.165) is 16.8 Å². The molecule has 0 saturated carbocycles. The first-order valence-corrected chi connectivity index (χ1v) is 8.67. The quantitative estimate of drug-likeness (QED) is 0.712. The third-order valence-corrected chi connectivity index (χ3v) is 4.50. The Morgan fingerprint density at radius 3 is 2.69 bits per heavy atom. The molecule has 3 rings (SSSR count). The number of hydrogen-bond donors (Lipinski definition) is 1. The highest BCUT2D eigenvalue weighted by atomic mass is 35.5. The van der Waals surface area contributed by atoms with Gasteiger partial charge in [-0.1, -0.05) is 23.7 Å². The van der Waals surface area contributed by atoms with Crippen molar-refractivity contribution in [3.05, 3.63) is 77.3 Å². The van der Waals surface area contributed by atoms with Gasteiger partial charge in [-0.3, -0.25) is 4.79 Å². The van der Waals surface area contributed by atoms with Crippen LogP contribution in [-0.4, -0.2) is 22.1 Å². The van der Waals surface area contributed by atoms with Gasteiger partial charge in [-0.05, 0) is 55.3 Å². The third-order valence-electron chi connectivity index (χ3n) is 4.07. The minimum Gasteiger partial charge on any atom is -0.484 e. The number of aromatic nitrogens is 2. The molecule has 0 radical (unpaired) electrons. The normalized spacial score (nSPS) is 11.8. The van der Waals surface area contributed by atoms with Crippen molar-refractivity contribution >= 4 is 17.5 Å². The largest absolute Gasteiger partial charge is 0.484 e.